The molecule has 4 nitrogen and oxygen atoms in total. The van der Waals surface area contributed by atoms with Gasteiger partial charge >= 0.3 is 0 Å². The molecule has 1 aliphatic rings. The fourth-order valence-corrected chi connectivity index (χ4v) is 3.39. The highest BCUT2D eigenvalue weighted by Gasteiger charge is 2.25. The summed E-state index contributed by atoms with van der Waals surface area (Å²) in [6.45, 7) is 4.81. The zero-order valence-corrected chi connectivity index (χ0v) is 13.5. The standard InChI is InChI=1S/C16H23ClN4/c1-16(2,18)10-21-14(11-6-4-3-5-7-11)20-13-8-12(17)9-19-15(13)21/h8-9,11H,3-7,10,18H2,1-2H3. The number of aromatic nitrogens is 3. The molecule has 2 N–H and O–H groups in total. The van der Waals surface area contributed by atoms with Crippen LogP contribution in [0.3, 0.4) is 0 Å². The van der Waals surface area contributed by atoms with Crippen molar-refractivity contribution in [1.82, 2.24) is 14.5 Å². The smallest absolute Gasteiger partial charge is 0.160 e. The lowest BCUT2D eigenvalue weighted by atomic mass is 9.88. The van der Waals surface area contributed by atoms with Crippen molar-refractivity contribution in [3.8, 4) is 0 Å². The molecule has 2 aromatic rings. The largest absolute Gasteiger partial charge is 0.324 e. The van der Waals surface area contributed by atoms with E-state index in [-0.39, 0.29) is 5.54 Å². The Hall–Kier alpha value is -1.13. The summed E-state index contributed by atoms with van der Waals surface area (Å²) < 4.78 is 2.21. The van der Waals surface area contributed by atoms with Gasteiger partial charge in [-0.3, -0.25) is 0 Å². The van der Waals surface area contributed by atoms with Crippen LogP contribution in [0.1, 0.15) is 57.7 Å². The number of imidazole rings is 1. The average molecular weight is 307 g/mol. The predicted octanol–water partition coefficient (Wildman–Crippen LogP) is 3.87. The molecule has 1 fully saturated rings. The van der Waals surface area contributed by atoms with Crippen LogP contribution in [0.5, 0.6) is 0 Å². The molecule has 0 radical (unpaired) electrons. The molecule has 21 heavy (non-hydrogen) atoms. The van der Waals surface area contributed by atoms with Gasteiger partial charge in [-0.15, -0.1) is 0 Å². The Morgan fingerprint density at radius 1 is 1.33 bits per heavy atom. The molecule has 0 saturated heterocycles. The number of hydrogen-bond acceptors (Lipinski definition) is 3. The normalized spacial score (nSPS) is 17.5. The molecule has 0 aromatic carbocycles. The summed E-state index contributed by atoms with van der Waals surface area (Å²) in [5, 5.41) is 0.634. The Bertz CT molecular complexity index is 635. The van der Waals surface area contributed by atoms with E-state index in [0.717, 1.165) is 23.5 Å². The van der Waals surface area contributed by atoms with E-state index in [4.69, 9.17) is 22.3 Å². The number of nitrogens with zero attached hydrogens (tertiary/aromatic N) is 3. The van der Waals surface area contributed by atoms with Crippen LogP contribution >= 0.6 is 11.6 Å². The average Bonchev–Trinajstić information content (AvgIpc) is 2.76. The highest BCUT2D eigenvalue weighted by molar-refractivity contribution is 6.31. The first-order valence-electron chi connectivity index (χ1n) is 7.74. The van der Waals surface area contributed by atoms with Gasteiger partial charge < -0.3 is 10.3 Å². The second-order valence-corrected chi connectivity index (χ2v) is 7.31. The molecular weight excluding hydrogens is 284 g/mol. The van der Waals surface area contributed by atoms with Gasteiger partial charge in [-0.1, -0.05) is 30.9 Å². The van der Waals surface area contributed by atoms with E-state index in [1.165, 1.54) is 32.1 Å². The minimum Gasteiger partial charge on any atom is -0.324 e. The number of fused-ring (bicyclic) bond motifs is 1. The number of hydrogen-bond donors (Lipinski definition) is 1. The predicted molar refractivity (Wildman–Crippen MR) is 86.6 cm³/mol. The van der Waals surface area contributed by atoms with Gasteiger partial charge in [0, 0.05) is 24.2 Å². The van der Waals surface area contributed by atoms with Gasteiger partial charge in [0.05, 0.1) is 5.02 Å². The summed E-state index contributed by atoms with van der Waals surface area (Å²) in [6.07, 6.45) is 8.02. The van der Waals surface area contributed by atoms with E-state index in [1.54, 1.807) is 6.20 Å². The lowest BCUT2D eigenvalue weighted by molar-refractivity contribution is 0.385. The molecule has 2 aromatic heterocycles. The third-order valence-electron chi connectivity index (χ3n) is 4.12. The molecular formula is C16H23ClN4. The number of halogens is 1. The van der Waals surface area contributed by atoms with E-state index in [0.29, 0.717) is 10.9 Å². The van der Waals surface area contributed by atoms with Crippen molar-refractivity contribution in [1.29, 1.82) is 0 Å². The third kappa shape index (κ3) is 3.22. The zero-order valence-electron chi connectivity index (χ0n) is 12.8. The van der Waals surface area contributed by atoms with Gasteiger partial charge in [-0.25, -0.2) is 9.97 Å². The van der Waals surface area contributed by atoms with Crippen molar-refractivity contribution < 1.29 is 0 Å². The summed E-state index contributed by atoms with van der Waals surface area (Å²) >= 11 is 6.06. The summed E-state index contributed by atoms with van der Waals surface area (Å²) in [5.74, 6) is 1.66. The van der Waals surface area contributed by atoms with Crippen molar-refractivity contribution in [3.63, 3.8) is 0 Å². The van der Waals surface area contributed by atoms with Gasteiger partial charge in [-0.2, -0.15) is 0 Å². The molecule has 0 aliphatic heterocycles. The first-order valence-corrected chi connectivity index (χ1v) is 8.12. The lowest BCUT2D eigenvalue weighted by Gasteiger charge is -2.25. The lowest BCUT2D eigenvalue weighted by Crippen LogP contribution is -2.37. The third-order valence-corrected chi connectivity index (χ3v) is 4.32. The molecule has 0 amide bonds. The van der Waals surface area contributed by atoms with Crippen LogP contribution in [0.4, 0.5) is 0 Å². The molecule has 3 rings (SSSR count). The van der Waals surface area contributed by atoms with E-state index in [9.17, 15) is 0 Å². The van der Waals surface area contributed by atoms with Crippen LogP contribution in [-0.4, -0.2) is 20.1 Å². The summed E-state index contributed by atoms with van der Waals surface area (Å²) in [7, 11) is 0. The van der Waals surface area contributed by atoms with Crippen molar-refractivity contribution in [2.75, 3.05) is 0 Å². The van der Waals surface area contributed by atoms with Crippen molar-refractivity contribution >= 4 is 22.8 Å². The Balaban J connectivity index is 2.09. The molecule has 0 unspecified atom stereocenters. The molecule has 0 spiro atoms. The maximum absolute atomic E-state index is 6.24. The Labute approximate surface area is 130 Å². The summed E-state index contributed by atoms with van der Waals surface area (Å²) in [6, 6.07) is 1.90. The minimum atomic E-state index is -0.293. The maximum Gasteiger partial charge on any atom is 0.160 e. The number of nitrogens with two attached hydrogens (primary N) is 1. The van der Waals surface area contributed by atoms with Gasteiger partial charge in [0.1, 0.15) is 11.3 Å². The van der Waals surface area contributed by atoms with E-state index in [2.05, 4.69) is 9.55 Å². The van der Waals surface area contributed by atoms with Crippen molar-refractivity contribution in [2.24, 2.45) is 5.73 Å². The van der Waals surface area contributed by atoms with E-state index >= 15 is 0 Å². The molecule has 5 heteroatoms. The first-order chi connectivity index (χ1) is 9.94. The summed E-state index contributed by atoms with van der Waals surface area (Å²) in [5.41, 5.74) is 7.73. The second kappa shape index (κ2) is 5.58. The molecule has 0 atom stereocenters. The Morgan fingerprint density at radius 2 is 2.05 bits per heavy atom. The quantitative estimate of drug-likeness (QED) is 0.936. The van der Waals surface area contributed by atoms with Crippen LogP contribution in [-0.2, 0) is 6.54 Å². The van der Waals surface area contributed by atoms with E-state index < -0.39 is 0 Å². The fraction of sp³-hybridized carbons (Fsp3) is 0.625. The fourth-order valence-electron chi connectivity index (χ4n) is 3.24. The minimum absolute atomic E-state index is 0.293. The van der Waals surface area contributed by atoms with Crippen LogP contribution in [0.25, 0.3) is 11.2 Å². The number of pyridine rings is 1. The van der Waals surface area contributed by atoms with Gasteiger partial charge in [0.2, 0.25) is 0 Å². The topological polar surface area (TPSA) is 56.7 Å². The van der Waals surface area contributed by atoms with Crippen molar-refractivity contribution in [2.45, 2.75) is 64.0 Å². The number of rotatable bonds is 3. The van der Waals surface area contributed by atoms with Gasteiger partial charge in [-0.05, 0) is 32.8 Å². The molecule has 2 heterocycles. The Kier molecular flexibility index (Phi) is 3.93. The monoisotopic (exact) mass is 306 g/mol. The maximum atomic E-state index is 6.24. The van der Waals surface area contributed by atoms with Crippen LogP contribution in [0.15, 0.2) is 12.3 Å². The Morgan fingerprint density at radius 3 is 2.71 bits per heavy atom. The highest BCUT2D eigenvalue weighted by Crippen LogP contribution is 2.34. The summed E-state index contributed by atoms with van der Waals surface area (Å²) in [4.78, 5) is 9.34. The highest BCUT2D eigenvalue weighted by atomic mass is 35.5. The molecule has 1 saturated carbocycles. The van der Waals surface area contributed by atoms with Crippen molar-refractivity contribution in [3.05, 3.63) is 23.1 Å². The molecule has 114 valence electrons. The van der Waals surface area contributed by atoms with Gasteiger partial charge in [0.15, 0.2) is 5.65 Å². The van der Waals surface area contributed by atoms with Crippen LogP contribution in [0, 0.1) is 0 Å². The van der Waals surface area contributed by atoms with Crippen LogP contribution in [0.2, 0.25) is 5.02 Å². The first kappa shape index (κ1) is 14.8. The zero-order chi connectivity index (χ0) is 15.0. The second-order valence-electron chi connectivity index (χ2n) is 6.88. The molecule has 1 aliphatic carbocycles. The van der Waals surface area contributed by atoms with Gasteiger partial charge in [0.25, 0.3) is 0 Å². The van der Waals surface area contributed by atoms with E-state index in [1.807, 2.05) is 19.9 Å². The van der Waals surface area contributed by atoms with Crippen LogP contribution < -0.4 is 5.73 Å². The molecule has 0 bridgehead atoms. The SMILES string of the molecule is CC(C)(N)Cn1c(C2CCCCC2)nc2cc(Cl)cnc21.